The third-order valence-electron chi connectivity index (χ3n) is 15.7. The van der Waals surface area contributed by atoms with E-state index in [-0.39, 0.29) is 38.6 Å². The van der Waals surface area contributed by atoms with Gasteiger partial charge in [0.2, 0.25) is 0 Å². The summed E-state index contributed by atoms with van der Waals surface area (Å²) >= 11 is 0. The van der Waals surface area contributed by atoms with Crippen LogP contribution in [0.4, 0.5) is 0 Å². The van der Waals surface area contributed by atoms with Gasteiger partial charge in [0, 0.05) is 19.4 Å². The summed E-state index contributed by atoms with van der Waals surface area (Å²) in [6.07, 6.45) is 108. The number of unbranched alkanes of at least 4 members (excludes halogenated alkanes) is 32. The van der Waals surface area contributed by atoms with Gasteiger partial charge in [-0.05, 0) is 116 Å². The molecule has 0 radical (unpaired) electrons. The summed E-state index contributed by atoms with van der Waals surface area (Å²) < 4.78 is 33.2. The molecular weight excluding hydrogens is 1150 g/mol. The van der Waals surface area contributed by atoms with Crippen molar-refractivity contribution in [2.45, 2.75) is 328 Å². The number of hydrogen-bond donors (Lipinski definition) is 2. The van der Waals surface area contributed by atoms with Crippen LogP contribution < -0.4 is 5.73 Å². The van der Waals surface area contributed by atoms with Crippen LogP contribution in [0.15, 0.2) is 146 Å². The summed E-state index contributed by atoms with van der Waals surface area (Å²) in [6, 6.07) is 0. The Hall–Kier alpha value is -4.11. The van der Waals surface area contributed by atoms with Crippen molar-refractivity contribution in [2.24, 2.45) is 5.73 Å². The number of ether oxygens (including phenoxy) is 2. The molecular formula is C81H138NO8P. The van der Waals surface area contributed by atoms with E-state index in [1.807, 2.05) is 0 Å². The lowest BCUT2D eigenvalue weighted by Gasteiger charge is -2.19. The first-order chi connectivity index (χ1) is 44.8. The zero-order valence-corrected chi connectivity index (χ0v) is 59.4. The van der Waals surface area contributed by atoms with Crippen molar-refractivity contribution >= 4 is 19.8 Å². The van der Waals surface area contributed by atoms with Crippen molar-refractivity contribution in [3.63, 3.8) is 0 Å². The second-order valence-electron chi connectivity index (χ2n) is 24.4. The Labute approximate surface area is 560 Å². The molecule has 0 aromatic carbocycles. The molecule has 0 fully saturated rings. The van der Waals surface area contributed by atoms with Crippen LogP contribution in [0.25, 0.3) is 0 Å². The smallest absolute Gasteiger partial charge is 0.462 e. The molecule has 0 heterocycles. The van der Waals surface area contributed by atoms with Gasteiger partial charge in [-0.25, -0.2) is 4.57 Å². The van der Waals surface area contributed by atoms with Crippen LogP contribution in [-0.4, -0.2) is 49.3 Å². The molecule has 0 rings (SSSR count). The van der Waals surface area contributed by atoms with Crippen molar-refractivity contribution in [3.05, 3.63) is 146 Å². The lowest BCUT2D eigenvalue weighted by atomic mass is 10.0. The Kier molecular flexibility index (Phi) is 71.5. The van der Waals surface area contributed by atoms with E-state index in [1.165, 1.54) is 167 Å². The number of allylic oxidation sites excluding steroid dienone is 24. The number of rotatable bonds is 69. The van der Waals surface area contributed by atoms with Crippen molar-refractivity contribution in [1.82, 2.24) is 0 Å². The van der Waals surface area contributed by atoms with E-state index < -0.39 is 26.5 Å². The number of hydrogen-bond acceptors (Lipinski definition) is 8. The summed E-state index contributed by atoms with van der Waals surface area (Å²) in [5.41, 5.74) is 5.41. The molecule has 2 unspecified atom stereocenters. The Balaban J connectivity index is 3.88. The second-order valence-corrected chi connectivity index (χ2v) is 25.9. The second kappa shape index (κ2) is 74.9. The fraction of sp³-hybridized carbons (Fsp3) is 0.679. The molecule has 2 atom stereocenters. The standard InChI is InChI=1S/C81H138NO8P/c1-3-5-7-9-11-13-15-17-19-21-23-25-27-29-31-33-35-37-39-41-43-45-47-49-51-53-55-57-59-61-63-65-67-69-71-73-80(83)87-77-79(78-89-91(85,86)88-76-75-82)90-81(84)74-72-70-68-66-64-62-60-58-56-54-52-50-48-46-44-42-40-38-36-34-32-30-28-26-24-22-20-18-16-14-12-10-8-6-4-2/h5-8,11-14,17-20,23-26,30,32,36,38,42,44,48,50,79H,3-4,9-10,15-16,21-22,27-29,31,33-35,37,39-41,43,45-47,49,51-78,82H2,1-2H3,(H,85,86)/b7-5-,8-6-,13-11-,14-12-,19-17-,20-18-,25-23-,26-24-,32-30-,38-36-,44-42-,50-48-. The van der Waals surface area contributed by atoms with E-state index in [0.29, 0.717) is 6.42 Å². The molecule has 3 N–H and O–H groups in total. The molecule has 0 amide bonds. The predicted octanol–water partition coefficient (Wildman–Crippen LogP) is 25.0. The number of nitrogens with two attached hydrogens (primary N) is 1. The molecule has 0 saturated heterocycles. The molecule has 0 spiro atoms. The molecule has 0 bridgehead atoms. The first kappa shape index (κ1) is 86.9. The van der Waals surface area contributed by atoms with Crippen molar-refractivity contribution in [3.8, 4) is 0 Å². The largest absolute Gasteiger partial charge is 0.472 e. The van der Waals surface area contributed by atoms with Gasteiger partial charge in [-0.3, -0.25) is 18.6 Å². The van der Waals surface area contributed by atoms with Gasteiger partial charge >= 0.3 is 19.8 Å². The van der Waals surface area contributed by atoms with E-state index in [0.717, 1.165) is 122 Å². The number of esters is 2. The lowest BCUT2D eigenvalue weighted by Crippen LogP contribution is -2.29. The summed E-state index contributed by atoms with van der Waals surface area (Å²) in [6.45, 7) is 3.54. The van der Waals surface area contributed by atoms with Gasteiger partial charge in [-0.15, -0.1) is 0 Å². The van der Waals surface area contributed by atoms with Crippen molar-refractivity contribution in [1.29, 1.82) is 0 Å². The molecule has 520 valence electrons. The highest BCUT2D eigenvalue weighted by molar-refractivity contribution is 7.47. The Morgan fingerprint density at radius 1 is 0.330 bits per heavy atom. The van der Waals surface area contributed by atoms with E-state index in [4.69, 9.17) is 24.3 Å². The normalized spacial score (nSPS) is 13.8. The fourth-order valence-electron chi connectivity index (χ4n) is 10.3. The molecule has 0 aliphatic carbocycles. The molecule has 0 aromatic heterocycles. The van der Waals surface area contributed by atoms with E-state index in [9.17, 15) is 19.0 Å². The third-order valence-corrected chi connectivity index (χ3v) is 16.7. The van der Waals surface area contributed by atoms with Crippen LogP contribution >= 0.6 is 7.82 Å². The van der Waals surface area contributed by atoms with Gasteiger partial charge in [0.1, 0.15) is 6.61 Å². The molecule has 0 aliphatic rings. The van der Waals surface area contributed by atoms with E-state index >= 15 is 0 Å². The maximum absolute atomic E-state index is 12.8. The number of carbonyl (C=O) groups excluding carboxylic acids is 2. The Morgan fingerprint density at radius 2 is 0.571 bits per heavy atom. The van der Waals surface area contributed by atoms with Crippen LogP contribution in [-0.2, 0) is 32.7 Å². The number of phosphoric acid groups is 1. The van der Waals surface area contributed by atoms with Gasteiger partial charge in [-0.2, -0.15) is 0 Å². The van der Waals surface area contributed by atoms with Crippen LogP contribution in [0.5, 0.6) is 0 Å². The highest BCUT2D eigenvalue weighted by Crippen LogP contribution is 2.43. The molecule has 9 nitrogen and oxygen atoms in total. The van der Waals surface area contributed by atoms with Gasteiger partial charge in [0.15, 0.2) is 6.10 Å². The summed E-state index contributed by atoms with van der Waals surface area (Å²) in [7, 11) is -4.40. The van der Waals surface area contributed by atoms with Gasteiger partial charge in [-0.1, -0.05) is 339 Å². The minimum Gasteiger partial charge on any atom is -0.462 e. The van der Waals surface area contributed by atoms with Crippen molar-refractivity contribution in [2.75, 3.05) is 26.4 Å². The molecule has 0 aliphatic heterocycles. The topological polar surface area (TPSA) is 134 Å². The van der Waals surface area contributed by atoms with Crippen LogP contribution in [0.3, 0.4) is 0 Å². The first-order valence-corrected chi connectivity index (χ1v) is 38.8. The summed E-state index contributed by atoms with van der Waals surface area (Å²) in [5, 5.41) is 0. The van der Waals surface area contributed by atoms with Gasteiger partial charge in [0.05, 0.1) is 13.2 Å². The SMILES string of the molecule is CC/C=C\C/C=C\C/C=C\C/C=C\C/C=C\C/C=C\C/C=C\C/C=C\CCCCCCCCCCCCC(=O)OC(COC(=O)CCCCCCCCCCCCCCCCCCCCCCCC/C=C\C/C=C\C/C=C\C/C=C\CC)COP(=O)(O)OCCN. The average Bonchev–Trinajstić information content (AvgIpc) is 3.68. The van der Waals surface area contributed by atoms with Crippen LogP contribution in [0.1, 0.15) is 322 Å². The molecule has 0 aromatic rings. The summed E-state index contributed by atoms with van der Waals surface area (Å²) in [5.74, 6) is -0.828. The number of phosphoric ester groups is 1. The lowest BCUT2D eigenvalue weighted by molar-refractivity contribution is -0.161. The Bertz CT molecular complexity index is 2010. The molecule has 0 saturated carbocycles. The maximum atomic E-state index is 12.8. The quantitative estimate of drug-likeness (QED) is 0.0264. The highest BCUT2D eigenvalue weighted by Gasteiger charge is 2.26. The third kappa shape index (κ3) is 74.8. The first-order valence-electron chi connectivity index (χ1n) is 37.3. The monoisotopic (exact) mass is 1280 g/mol. The van der Waals surface area contributed by atoms with Crippen LogP contribution in [0, 0.1) is 0 Å². The number of carbonyl (C=O) groups is 2. The maximum Gasteiger partial charge on any atom is 0.472 e. The average molecular weight is 1280 g/mol. The zero-order chi connectivity index (χ0) is 65.8. The van der Waals surface area contributed by atoms with Crippen molar-refractivity contribution < 1.29 is 37.6 Å². The minimum absolute atomic E-state index is 0.0480. The fourth-order valence-corrected chi connectivity index (χ4v) is 11.1. The van der Waals surface area contributed by atoms with E-state index in [2.05, 4.69) is 160 Å². The summed E-state index contributed by atoms with van der Waals surface area (Å²) in [4.78, 5) is 35.4. The van der Waals surface area contributed by atoms with Gasteiger partial charge < -0.3 is 20.1 Å². The highest BCUT2D eigenvalue weighted by atomic mass is 31.2. The Morgan fingerprint density at radius 3 is 0.846 bits per heavy atom. The predicted molar refractivity (Wildman–Crippen MR) is 394 cm³/mol. The molecule has 10 heteroatoms. The zero-order valence-electron chi connectivity index (χ0n) is 58.5. The van der Waals surface area contributed by atoms with Crippen LogP contribution in [0.2, 0.25) is 0 Å². The minimum atomic E-state index is -4.40. The van der Waals surface area contributed by atoms with E-state index in [1.54, 1.807) is 0 Å². The molecule has 91 heavy (non-hydrogen) atoms. The van der Waals surface area contributed by atoms with Gasteiger partial charge in [0.25, 0.3) is 0 Å².